The van der Waals surface area contributed by atoms with Crippen LogP contribution in [0.25, 0.3) is 0 Å². The molecular formula is C18H19NO4. The van der Waals surface area contributed by atoms with E-state index in [-0.39, 0.29) is 6.79 Å². The van der Waals surface area contributed by atoms with Gasteiger partial charge < -0.3 is 19.5 Å². The van der Waals surface area contributed by atoms with Crippen molar-refractivity contribution in [1.29, 1.82) is 0 Å². The van der Waals surface area contributed by atoms with Gasteiger partial charge in [0.05, 0.1) is 5.92 Å². The number of aliphatic carboxylic acids is 1. The molecule has 0 radical (unpaired) electrons. The summed E-state index contributed by atoms with van der Waals surface area (Å²) in [6.45, 7) is 0.183. The second kappa shape index (κ2) is 6.20. The summed E-state index contributed by atoms with van der Waals surface area (Å²) in [5.41, 5.74) is 2.79. The zero-order chi connectivity index (χ0) is 16.4. The molecule has 0 fully saturated rings. The molecular weight excluding hydrogens is 294 g/mol. The minimum atomic E-state index is -0.847. The van der Waals surface area contributed by atoms with Crippen molar-refractivity contribution in [3.05, 3.63) is 53.6 Å². The van der Waals surface area contributed by atoms with Gasteiger partial charge in [-0.25, -0.2) is 0 Å². The minimum absolute atomic E-state index is 0.183. The molecule has 0 saturated carbocycles. The van der Waals surface area contributed by atoms with Gasteiger partial charge in [-0.3, -0.25) is 4.79 Å². The molecule has 0 aromatic heterocycles. The fourth-order valence-corrected chi connectivity index (χ4v) is 2.64. The first-order valence-electron chi connectivity index (χ1n) is 7.43. The van der Waals surface area contributed by atoms with Crippen LogP contribution in [0.15, 0.2) is 42.5 Å². The number of benzene rings is 2. The SMILES string of the molecule is CN(C)c1ccc(CC(C(=O)O)c2ccc3c(c2)OCO3)cc1. The average molecular weight is 313 g/mol. The first-order valence-corrected chi connectivity index (χ1v) is 7.43. The van der Waals surface area contributed by atoms with E-state index in [0.29, 0.717) is 17.9 Å². The third kappa shape index (κ3) is 3.23. The summed E-state index contributed by atoms with van der Waals surface area (Å²) < 4.78 is 10.6. The van der Waals surface area contributed by atoms with Crippen LogP contribution in [-0.2, 0) is 11.2 Å². The highest BCUT2D eigenvalue weighted by Crippen LogP contribution is 2.35. The number of hydrogen-bond acceptors (Lipinski definition) is 4. The number of carboxylic acid groups (broad SMARTS) is 1. The fraction of sp³-hybridized carbons (Fsp3) is 0.278. The van der Waals surface area contributed by atoms with Crippen molar-refractivity contribution in [3.8, 4) is 11.5 Å². The van der Waals surface area contributed by atoms with Crippen molar-refractivity contribution in [3.63, 3.8) is 0 Å². The number of ether oxygens (including phenoxy) is 2. The lowest BCUT2D eigenvalue weighted by Crippen LogP contribution is -2.14. The zero-order valence-corrected chi connectivity index (χ0v) is 13.2. The van der Waals surface area contributed by atoms with Crippen LogP contribution in [-0.4, -0.2) is 32.0 Å². The predicted octanol–water partition coefficient (Wildman–Crippen LogP) is 2.89. The Balaban J connectivity index is 1.83. The predicted molar refractivity (Wildman–Crippen MR) is 87.4 cm³/mol. The Labute approximate surface area is 135 Å². The largest absolute Gasteiger partial charge is 0.481 e. The molecule has 120 valence electrons. The Morgan fingerprint density at radius 2 is 1.83 bits per heavy atom. The molecule has 1 N–H and O–H groups in total. The van der Waals surface area contributed by atoms with E-state index in [4.69, 9.17) is 9.47 Å². The quantitative estimate of drug-likeness (QED) is 0.920. The van der Waals surface area contributed by atoms with Crippen LogP contribution in [0.5, 0.6) is 11.5 Å². The lowest BCUT2D eigenvalue weighted by Gasteiger charge is -2.16. The molecule has 1 atom stereocenters. The van der Waals surface area contributed by atoms with E-state index in [2.05, 4.69) is 0 Å². The molecule has 0 aliphatic carbocycles. The van der Waals surface area contributed by atoms with Crippen LogP contribution in [0.1, 0.15) is 17.0 Å². The Morgan fingerprint density at radius 1 is 1.13 bits per heavy atom. The normalized spacial score (nSPS) is 13.7. The highest BCUT2D eigenvalue weighted by molar-refractivity contribution is 5.77. The van der Waals surface area contributed by atoms with Crippen LogP contribution in [0.4, 0.5) is 5.69 Å². The molecule has 23 heavy (non-hydrogen) atoms. The number of carbonyl (C=O) groups is 1. The molecule has 5 heteroatoms. The molecule has 1 aliphatic heterocycles. The molecule has 3 rings (SSSR count). The molecule has 0 spiro atoms. The highest BCUT2D eigenvalue weighted by Gasteiger charge is 2.23. The van der Waals surface area contributed by atoms with Gasteiger partial charge in [-0.2, -0.15) is 0 Å². The zero-order valence-electron chi connectivity index (χ0n) is 13.2. The van der Waals surface area contributed by atoms with Crippen LogP contribution < -0.4 is 14.4 Å². The third-order valence-electron chi connectivity index (χ3n) is 3.99. The second-order valence-electron chi connectivity index (χ2n) is 5.77. The van der Waals surface area contributed by atoms with Crippen LogP contribution in [0.2, 0.25) is 0 Å². The topological polar surface area (TPSA) is 59.0 Å². The molecule has 2 aromatic carbocycles. The first-order chi connectivity index (χ1) is 11.0. The number of carboxylic acids is 1. The van der Waals surface area contributed by atoms with Crippen LogP contribution in [0, 0.1) is 0 Å². The number of fused-ring (bicyclic) bond motifs is 1. The summed E-state index contributed by atoms with van der Waals surface area (Å²) in [7, 11) is 3.95. The second-order valence-corrected chi connectivity index (χ2v) is 5.77. The van der Waals surface area contributed by atoms with Crippen LogP contribution >= 0.6 is 0 Å². The summed E-state index contributed by atoms with van der Waals surface area (Å²) in [6.07, 6.45) is 0.433. The van der Waals surface area contributed by atoms with Crippen molar-refractivity contribution < 1.29 is 19.4 Å². The van der Waals surface area contributed by atoms with Gasteiger partial charge in [0.2, 0.25) is 6.79 Å². The summed E-state index contributed by atoms with van der Waals surface area (Å²) in [4.78, 5) is 13.7. The molecule has 0 amide bonds. The number of anilines is 1. The summed E-state index contributed by atoms with van der Waals surface area (Å²) in [5, 5.41) is 9.60. The molecule has 0 bridgehead atoms. The smallest absolute Gasteiger partial charge is 0.311 e. The van der Waals surface area contributed by atoms with Gasteiger partial charge in [-0.1, -0.05) is 18.2 Å². The highest BCUT2D eigenvalue weighted by atomic mass is 16.7. The molecule has 5 nitrogen and oxygen atoms in total. The summed E-state index contributed by atoms with van der Waals surface area (Å²) >= 11 is 0. The molecule has 0 saturated heterocycles. The van der Waals surface area contributed by atoms with Gasteiger partial charge in [0.15, 0.2) is 11.5 Å². The maximum Gasteiger partial charge on any atom is 0.311 e. The van der Waals surface area contributed by atoms with Crippen LogP contribution in [0.3, 0.4) is 0 Å². The summed E-state index contributed by atoms with van der Waals surface area (Å²) in [5.74, 6) is -0.194. The van der Waals surface area contributed by atoms with E-state index >= 15 is 0 Å². The van der Waals surface area contributed by atoms with Crippen molar-refractivity contribution >= 4 is 11.7 Å². The van der Waals surface area contributed by atoms with Crippen molar-refractivity contribution in [2.24, 2.45) is 0 Å². The van der Waals surface area contributed by atoms with Gasteiger partial charge in [0, 0.05) is 19.8 Å². The van der Waals surface area contributed by atoms with Gasteiger partial charge in [-0.15, -0.1) is 0 Å². The monoisotopic (exact) mass is 313 g/mol. The summed E-state index contributed by atoms with van der Waals surface area (Å²) in [6, 6.07) is 13.2. The third-order valence-corrected chi connectivity index (χ3v) is 3.99. The van der Waals surface area contributed by atoms with E-state index in [1.807, 2.05) is 43.3 Å². The van der Waals surface area contributed by atoms with E-state index < -0.39 is 11.9 Å². The maximum absolute atomic E-state index is 11.7. The number of rotatable bonds is 5. The van der Waals surface area contributed by atoms with Crippen molar-refractivity contribution in [2.75, 3.05) is 25.8 Å². The van der Waals surface area contributed by atoms with E-state index in [1.165, 1.54) is 0 Å². The Kier molecular flexibility index (Phi) is 4.10. The van der Waals surface area contributed by atoms with Gasteiger partial charge >= 0.3 is 5.97 Å². The fourth-order valence-electron chi connectivity index (χ4n) is 2.64. The van der Waals surface area contributed by atoms with Gasteiger partial charge in [-0.05, 0) is 41.8 Å². The number of nitrogens with zero attached hydrogens (tertiary/aromatic N) is 1. The van der Waals surface area contributed by atoms with E-state index in [1.54, 1.807) is 18.2 Å². The maximum atomic E-state index is 11.7. The van der Waals surface area contributed by atoms with Gasteiger partial charge in [0.1, 0.15) is 0 Å². The lowest BCUT2D eigenvalue weighted by atomic mass is 9.91. The molecule has 2 aromatic rings. The van der Waals surface area contributed by atoms with E-state index in [9.17, 15) is 9.90 Å². The lowest BCUT2D eigenvalue weighted by molar-refractivity contribution is -0.138. The standard InChI is InChI=1S/C18H19NO4/c1-19(2)14-6-3-12(4-7-14)9-15(18(20)21)13-5-8-16-17(10-13)23-11-22-16/h3-8,10,15H,9,11H2,1-2H3,(H,20,21). The Bertz CT molecular complexity index is 709. The first kappa shape index (κ1) is 15.2. The Morgan fingerprint density at radius 3 is 2.48 bits per heavy atom. The minimum Gasteiger partial charge on any atom is -0.481 e. The average Bonchev–Trinajstić information content (AvgIpc) is 3.00. The Hall–Kier alpha value is -2.69. The molecule has 1 heterocycles. The molecule has 1 unspecified atom stereocenters. The number of hydrogen-bond donors (Lipinski definition) is 1. The van der Waals surface area contributed by atoms with Gasteiger partial charge in [0.25, 0.3) is 0 Å². The van der Waals surface area contributed by atoms with Crippen molar-refractivity contribution in [1.82, 2.24) is 0 Å². The van der Waals surface area contributed by atoms with E-state index in [0.717, 1.165) is 16.8 Å². The molecule has 1 aliphatic rings. The van der Waals surface area contributed by atoms with Crippen molar-refractivity contribution in [2.45, 2.75) is 12.3 Å².